The van der Waals surface area contributed by atoms with Gasteiger partial charge >= 0.3 is 0 Å². The summed E-state index contributed by atoms with van der Waals surface area (Å²) in [5.74, 6) is 0.758. The van der Waals surface area contributed by atoms with Gasteiger partial charge in [-0.05, 0) is 55.1 Å². The van der Waals surface area contributed by atoms with E-state index >= 15 is 0 Å². The second-order valence-corrected chi connectivity index (χ2v) is 7.86. The Balaban J connectivity index is 2.56. The molecule has 1 aromatic rings. The zero-order valence-electron chi connectivity index (χ0n) is 15.0. The third-order valence-electron chi connectivity index (χ3n) is 5.10. The van der Waals surface area contributed by atoms with Crippen LogP contribution >= 0.6 is 0 Å². The Labute approximate surface area is 137 Å². The van der Waals surface area contributed by atoms with Gasteiger partial charge < -0.3 is 0 Å². The Hall–Kier alpha value is -1.30. The summed E-state index contributed by atoms with van der Waals surface area (Å²) in [6.45, 7) is 11.7. The zero-order chi connectivity index (χ0) is 16.2. The molecule has 0 spiro atoms. The van der Waals surface area contributed by atoms with E-state index in [4.69, 9.17) is 0 Å². The van der Waals surface area contributed by atoms with Gasteiger partial charge in [-0.3, -0.25) is 0 Å². The first kappa shape index (κ1) is 17.1. The molecule has 0 radical (unpaired) electrons. The molecule has 1 aliphatic carbocycles. The minimum absolute atomic E-state index is 0.169. The molecule has 0 nitrogen and oxygen atoms in total. The van der Waals surface area contributed by atoms with Crippen molar-refractivity contribution in [2.75, 3.05) is 0 Å². The van der Waals surface area contributed by atoms with Crippen LogP contribution in [-0.2, 0) is 5.41 Å². The van der Waals surface area contributed by atoms with Gasteiger partial charge in [0.2, 0.25) is 0 Å². The third kappa shape index (κ3) is 3.54. The van der Waals surface area contributed by atoms with E-state index < -0.39 is 0 Å². The predicted molar refractivity (Wildman–Crippen MR) is 98.1 cm³/mol. The van der Waals surface area contributed by atoms with Gasteiger partial charge in [0.1, 0.15) is 0 Å². The molecule has 2 rings (SSSR count). The molecule has 1 saturated carbocycles. The molecule has 0 amide bonds. The summed E-state index contributed by atoms with van der Waals surface area (Å²) in [6.07, 6.45) is 12.0. The van der Waals surface area contributed by atoms with Gasteiger partial charge in [0.15, 0.2) is 0 Å². The average molecular weight is 296 g/mol. The first-order chi connectivity index (χ1) is 10.4. The molecule has 2 unspecified atom stereocenters. The van der Waals surface area contributed by atoms with Gasteiger partial charge in [0, 0.05) is 5.41 Å². The molecule has 0 heterocycles. The van der Waals surface area contributed by atoms with Crippen LogP contribution in [-0.4, -0.2) is 0 Å². The van der Waals surface area contributed by atoms with E-state index in [2.05, 4.69) is 83.2 Å². The van der Waals surface area contributed by atoms with E-state index in [0.717, 1.165) is 12.3 Å². The standard InChI is InChI=1S/C22H32/c1-6-8-12-19(7-2)22(20-13-10-9-11-14-20)16-18(3)15-21(4,5)17-22/h7-14,18H,6,15-17H2,1-5H3/b12-8-,19-7+. The lowest BCUT2D eigenvalue weighted by molar-refractivity contribution is 0.126. The first-order valence-electron chi connectivity index (χ1n) is 8.82. The summed E-state index contributed by atoms with van der Waals surface area (Å²) in [7, 11) is 0. The van der Waals surface area contributed by atoms with E-state index in [1.807, 2.05) is 0 Å². The van der Waals surface area contributed by atoms with Gasteiger partial charge in [-0.15, -0.1) is 0 Å². The van der Waals surface area contributed by atoms with Crippen LogP contribution in [0.5, 0.6) is 0 Å². The molecule has 0 saturated heterocycles. The Morgan fingerprint density at radius 3 is 2.41 bits per heavy atom. The molecule has 0 aromatic heterocycles. The topological polar surface area (TPSA) is 0 Å². The van der Waals surface area contributed by atoms with Crippen LogP contribution in [0.3, 0.4) is 0 Å². The van der Waals surface area contributed by atoms with Crippen LogP contribution in [0, 0.1) is 11.3 Å². The molecule has 2 atom stereocenters. The second-order valence-electron chi connectivity index (χ2n) is 7.86. The van der Waals surface area contributed by atoms with Gasteiger partial charge in [0.05, 0.1) is 0 Å². The molecule has 120 valence electrons. The van der Waals surface area contributed by atoms with E-state index in [1.54, 1.807) is 0 Å². The number of hydrogen-bond acceptors (Lipinski definition) is 0. The zero-order valence-corrected chi connectivity index (χ0v) is 15.0. The highest BCUT2D eigenvalue weighted by Crippen LogP contribution is 2.53. The number of rotatable bonds is 4. The molecule has 0 bridgehead atoms. The highest BCUT2D eigenvalue weighted by atomic mass is 14.5. The van der Waals surface area contributed by atoms with Crippen LogP contribution in [0.1, 0.15) is 65.9 Å². The van der Waals surface area contributed by atoms with Crippen LogP contribution in [0.2, 0.25) is 0 Å². The highest BCUT2D eigenvalue weighted by Gasteiger charge is 2.45. The van der Waals surface area contributed by atoms with Crippen molar-refractivity contribution >= 4 is 0 Å². The van der Waals surface area contributed by atoms with Crippen LogP contribution < -0.4 is 0 Å². The Morgan fingerprint density at radius 2 is 1.86 bits per heavy atom. The molecule has 22 heavy (non-hydrogen) atoms. The second kappa shape index (κ2) is 6.86. The number of allylic oxidation sites excluding steroid dienone is 4. The van der Waals surface area contributed by atoms with Crippen molar-refractivity contribution in [2.24, 2.45) is 11.3 Å². The first-order valence-corrected chi connectivity index (χ1v) is 8.82. The summed E-state index contributed by atoms with van der Waals surface area (Å²) >= 11 is 0. The van der Waals surface area contributed by atoms with E-state index in [1.165, 1.54) is 30.4 Å². The van der Waals surface area contributed by atoms with Gasteiger partial charge in [-0.1, -0.05) is 76.3 Å². The monoisotopic (exact) mass is 296 g/mol. The molecule has 0 heteroatoms. The normalized spacial score (nSPS) is 29.0. The average Bonchev–Trinajstić information content (AvgIpc) is 2.47. The third-order valence-corrected chi connectivity index (χ3v) is 5.10. The molecular weight excluding hydrogens is 264 g/mol. The van der Waals surface area contributed by atoms with Crippen molar-refractivity contribution in [2.45, 2.75) is 65.7 Å². The van der Waals surface area contributed by atoms with Gasteiger partial charge in [-0.2, -0.15) is 0 Å². The smallest absolute Gasteiger partial charge is 0.0207 e. The minimum Gasteiger partial charge on any atom is -0.0845 e. The summed E-state index contributed by atoms with van der Waals surface area (Å²) in [5.41, 5.74) is 3.55. The highest BCUT2D eigenvalue weighted by molar-refractivity contribution is 5.43. The van der Waals surface area contributed by atoms with E-state index in [0.29, 0.717) is 5.41 Å². The van der Waals surface area contributed by atoms with Crippen molar-refractivity contribution in [3.8, 4) is 0 Å². The van der Waals surface area contributed by atoms with Crippen molar-refractivity contribution in [1.82, 2.24) is 0 Å². The predicted octanol–water partition coefficient (Wildman–Crippen LogP) is 6.68. The largest absolute Gasteiger partial charge is 0.0845 e. The lowest BCUT2D eigenvalue weighted by Gasteiger charge is -2.49. The maximum Gasteiger partial charge on any atom is 0.0207 e. The van der Waals surface area contributed by atoms with Crippen LogP contribution in [0.25, 0.3) is 0 Å². The Morgan fingerprint density at radius 1 is 1.18 bits per heavy atom. The van der Waals surface area contributed by atoms with Crippen LogP contribution in [0.4, 0.5) is 0 Å². The lowest BCUT2D eigenvalue weighted by atomic mass is 9.55. The maximum atomic E-state index is 2.44. The van der Waals surface area contributed by atoms with Crippen molar-refractivity contribution in [3.05, 3.63) is 59.7 Å². The molecular formula is C22H32. The lowest BCUT2D eigenvalue weighted by Crippen LogP contribution is -2.41. The number of hydrogen-bond donors (Lipinski definition) is 0. The Kier molecular flexibility index (Phi) is 5.32. The van der Waals surface area contributed by atoms with Crippen molar-refractivity contribution in [1.29, 1.82) is 0 Å². The molecule has 0 aliphatic heterocycles. The van der Waals surface area contributed by atoms with E-state index in [-0.39, 0.29) is 5.41 Å². The SMILES string of the molecule is C/C=C(\C=C/CC)C1(c2ccccc2)CC(C)CC(C)(C)C1. The minimum atomic E-state index is 0.169. The van der Waals surface area contributed by atoms with E-state index in [9.17, 15) is 0 Å². The van der Waals surface area contributed by atoms with Gasteiger partial charge in [0.25, 0.3) is 0 Å². The number of benzene rings is 1. The summed E-state index contributed by atoms with van der Waals surface area (Å²) in [5, 5.41) is 0. The summed E-state index contributed by atoms with van der Waals surface area (Å²) in [6, 6.07) is 11.2. The molecule has 0 N–H and O–H groups in total. The van der Waals surface area contributed by atoms with Gasteiger partial charge in [-0.25, -0.2) is 0 Å². The molecule has 1 aromatic carbocycles. The summed E-state index contributed by atoms with van der Waals surface area (Å²) < 4.78 is 0. The molecule has 1 aliphatic rings. The van der Waals surface area contributed by atoms with Crippen molar-refractivity contribution in [3.63, 3.8) is 0 Å². The summed E-state index contributed by atoms with van der Waals surface area (Å²) in [4.78, 5) is 0. The molecule has 1 fully saturated rings. The maximum absolute atomic E-state index is 2.44. The fourth-order valence-corrected chi connectivity index (χ4v) is 4.71. The fourth-order valence-electron chi connectivity index (χ4n) is 4.71. The Bertz CT molecular complexity index is 532. The van der Waals surface area contributed by atoms with Crippen molar-refractivity contribution < 1.29 is 0 Å². The fraction of sp³-hybridized carbons (Fsp3) is 0.545. The van der Waals surface area contributed by atoms with Crippen LogP contribution in [0.15, 0.2) is 54.1 Å². The quantitative estimate of drug-likeness (QED) is 0.543.